The van der Waals surface area contributed by atoms with Gasteiger partial charge in [0.2, 0.25) is 5.91 Å². The lowest BCUT2D eigenvalue weighted by Crippen LogP contribution is -2.45. The summed E-state index contributed by atoms with van der Waals surface area (Å²) in [5.74, 6) is 0.915. The summed E-state index contributed by atoms with van der Waals surface area (Å²) in [6.07, 6.45) is 4.20. The second kappa shape index (κ2) is 8.48. The van der Waals surface area contributed by atoms with Crippen LogP contribution < -0.4 is 10.2 Å². The first-order valence-corrected chi connectivity index (χ1v) is 10.5. The Kier molecular flexibility index (Phi) is 5.77. The second-order valence-electron chi connectivity index (χ2n) is 8.33. The van der Waals surface area contributed by atoms with Crippen LogP contribution >= 0.6 is 0 Å². The maximum absolute atomic E-state index is 12.5. The second-order valence-corrected chi connectivity index (χ2v) is 8.33. The number of furan rings is 1. The van der Waals surface area contributed by atoms with Crippen molar-refractivity contribution in [2.24, 2.45) is 0 Å². The van der Waals surface area contributed by atoms with Gasteiger partial charge < -0.3 is 19.4 Å². The summed E-state index contributed by atoms with van der Waals surface area (Å²) >= 11 is 0. The van der Waals surface area contributed by atoms with Gasteiger partial charge in [-0.25, -0.2) is 4.98 Å². The first-order chi connectivity index (χ1) is 14.4. The molecule has 1 N–H and O–H groups in total. The van der Waals surface area contributed by atoms with E-state index in [4.69, 9.17) is 9.15 Å². The van der Waals surface area contributed by atoms with Gasteiger partial charge in [0.15, 0.2) is 0 Å². The van der Waals surface area contributed by atoms with E-state index in [1.807, 2.05) is 24.4 Å². The topological polar surface area (TPSA) is 67.6 Å². The van der Waals surface area contributed by atoms with Gasteiger partial charge in [0.25, 0.3) is 0 Å². The molecule has 2 aromatic heterocycles. The number of fused-ring (bicyclic) bond motifs is 1. The highest BCUT2D eigenvalue weighted by atomic mass is 16.5. The predicted molar refractivity (Wildman–Crippen MR) is 118 cm³/mol. The fourth-order valence-electron chi connectivity index (χ4n) is 3.98. The van der Waals surface area contributed by atoms with E-state index in [0.29, 0.717) is 13.0 Å². The Morgan fingerprint density at radius 1 is 1.17 bits per heavy atom. The number of amides is 1. The highest BCUT2D eigenvalue weighted by molar-refractivity contribution is 5.88. The quantitative estimate of drug-likeness (QED) is 0.694. The van der Waals surface area contributed by atoms with Gasteiger partial charge >= 0.3 is 0 Å². The maximum atomic E-state index is 12.5. The molecule has 0 radical (unpaired) electrons. The molecule has 0 saturated carbocycles. The molecule has 2 atom stereocenters. The van der Waals surface area contributed by atoms with Crippen molar-refractivity contribution in [1.29, 1.82) is 0 Å². The van der Waals surface area contributed by atoms with Crippen LogP contribution in [0.15, 0.2) is 41.1 Å². The molecular weight excluding hydrogens is 378 g/mol. The smallest absolute Gasteiger partial charge is 0.224 e. The zero-order chi connectivity index (χ0) is 21.3. The molecule has 3 heterocycles. The van der Waals surface area contributed by atoms with Gasteiger partial charge in [-0.15, -0.1) is 0 Å². The Morgan fingerprint density at radius 3 is 2.60 bits per heavy atom. The van der Waals surface area contributed by atoms with Crippen LogP contribution in [0.4, 0.5) is 5.82 Å². The molecule has 1 aliphatic heterocycles. The number of aromatic nitrogens is 1. The molecule has 1 saturated heterocycles. The monoisotopic (exact) mass is 407 g/mol. The largest absolute Gasteiger partial charge is 0.464 e. The number of benzene rings is 1. The number of rotatable bonds is 5. The molecule has 30 heavy (non-hydrogen) atoms. The van der Waals surface area contributed by atoms with Crippen LogP contribution in [0.5, 0.6) is 0 Å². The van der Waals surface area contributed by atoms with Gasteiger partial charge in [0.05, 0.1) is 24.9 Å². The Labute approximate surface area is 177 Å². The summed E-state index contributed by atoms with van der Waals surface area (Å²) in [6, 6.07) is 8.15. The Hall–Kier alpha value is -2.86. The lowest BCUT2D eigenvalue weighted by molar-refractivity contribution is -0.120. The van der Waals surface area contributed by atoms with Crippen LogP contribution in [-0.2, 0) is 22.5 Å². The van der Waals surface area contributed by atoms with Crippen molar-refractivity contribution in [2.75, 3.05) is 18.0 Å². The molecule has 0 spiro atoms. The van der Waals surface area contributed by atoms with Gasteiger partial charge in [-0.2, -0.15) is 0 Å². The van der Waals surface area contributed by atoms with Crippen molar-refractivity contribution in [3.8, 4) is 0 Å². The fourth-order valence-corrected chi connectivity index (χ4v) is 3.98. The Bertz CT molecular complexity index is 1030. The molecule has 6 heteroatoms. The van der Waals surface area contributed by atoms with Crippen molar-refractivity contribution in [2.45, 2.75) is 52.9 Å². The molecule has 2 unspecified atom stereocenters. The van der Waals surface area contributed by atoms with Crippen molar-refractivity contribution in [3.63, 3.8) is 0 Å². The van der Waals surface area contributed by atoms with E-state index in [1.54, 1.807) is 6.26 Å². The minimum absolute atomic E-state index is 0.0316. The molecule has 158 valence electrons. The lowest BCUT2D eigenvalue weighted by atomic mass is 10.0. The standard InChI is InChI=1S/C24H29N3O3/c1-15-7-21-20(14-29-22(21)8-16(15)2)9-24(28)26-11-19-5-6-23(25-10-19)27-12-17(3)30-18(4)13-27/h5-8,10,14,17-18H,9,11-13H2,1-4H3,(H,26,28). The summed E-state index contributed by atoms with van der Waals surface area (Å²) in [7, 11) is 0. The SMILES string of the molecule is Cc1cc2occ(CC(=O)NCc3ccc(N4CC(C)OC(C)C4)nc3)c2cc1C. The lowest BCUT2D eigenvalue weighted by Gasteiger charge is -2.36. The van der Waals surface area contributed by atoms with Gasteiger partial charge in [0.1, 0.15) is 11.4 Å². The van der Waals surface area contributed by atoms with Crippen molar-refractivity contribution < 1.29 is 13.9 Å². The van der Waals surface area contributed by atoms with E-state index in [1.165, 1.54) is 11.1 Å². The number of hydrogen-bond acceptors (Lipinski definition) is 5. The molecule has 3 aromatic rings. The summed E-state index contributed by atoms with van der Waals surface area (Å²) in [5, 5.41) is 3.99. The number of aryl methyl sites for hydroxylation is 2. The minimum Gasteiger partial charge on any atom is -0.464 e. The van der Waals surface area contributed by atoms with Crippen LogP contribution in [0.2, 0.25) is 0 Å². The highest BCUT2D eigenvalue weighted by Gasteiger charge is 2.23. The number of hydrogen-bond donors (Lipinski definition) is 1. The van der Waals surface area contributed by atoms with Crippen molar-refractivity contribution in [1.82, 2.24) is 10.3 Å². The van der Waals surface area contributed by atoms with Crippen molar-refractivity contribution in [3.05, 3.63) is 59.0 Å². The first kappa shape index (κ1) is 20.4. The third-order valence-corrected chi connectivity index (χ3v) is 5.66. The zero-order valence-corrected chi connectivity index (χ0v) is 18.1. The molecule has 0 bridgehead atoms. The maximum Gasteiger partial charge on any atom is 0.224 e. The van der Waals surface area contributed by atoms with Gasteiger partial charge in [-0.05, 0) is 62.6 Å². The zero-order valence-electron chi connectivity index (χ0n) is 18.1. The summed E-state index contributed by atoms with van der Waals surface area (Å²) < 4.78 is 11.4. The van der Waals surface area contributed by atoms with E-state index in [-0.39, 0.29) is 18.1 Å². The van der Waals surface area contributed by atoms with Crippen LogP contribution in [0, 0.1) is 13.8 Å². The number of nitrogens with one attached hydrogen (secondary N) is 1. The molecule has 1 fully saturated rings. The first-order valence-electron chi connectivity index (χ1n) is 10.5. The average molecular weight is 408 g/mol. The number of carbonyl (C=O) groups is 1. The molecule has 6 nitrogen and oxygen atoms in total. The third-order valence-electron chi connectivity index (χ3n) is 5.66. The van der Waals surface area contributed by atoms with E-state index >= 15 is 0 Å². The number of nitrogens with zero attached hydrogens (tertiary/aromatic N) is 2. The number of pyridine rings is 1. The predicted octanol–water partition coefficient (Wildman–Crippen LogP) is 3.92. The molecule has 1 aromatic carbocycles. The van der Waals surface area contributed by atoms with Gasteiger partial charge in [0, 0.05) is 36.8 Å². The molecule has 0 aliphatic carbocycles. The van der Waals surface area contributed by atoms with E-state index in [9.17, 15) is 4.79 Å². The number of anilines is 1. The normalized spacial score (nSPS) is 19.3. The highest BCUT2D eigenvalue weighted by Crippen LogP contribution is 2.25. The van der Waals surface area contributed by atoms with Crippen LogP contribution in [0.1, 0.15) is 36.1 Å². The van der Waals surface area contributed by atoms with E-state index in [0.717, 1.165) is 41.0 Å². The van der Waals surface area contributed by atoms with Crippen LogP contribution in [0.3, 0.4) is 0 Å². The Morgan fingerprint density at radius 2 is 1.90 bits per heavy atom. The van der Waals surface area contributed by atoms with E-state index in [2.05, 4.69) is 49.0 Å². The summed E-state index contributed by atoms with van der Waals surface area (Å²) in [5.41, 5.74) is 5.10. The Balaban J connectivity index is 1.35. The number of ether oxygens (including phenoxy) is 1. The third kappa shape index (κ3) is 4.49. The minimum atomic E-state index is -0.0316. The van der Waals surface area contributed by atoms with Crippen molar-refractivity contribution >= 4 is 22.7 Å². The summed E-state index contributed by atoms with van der Waals surface area (Å²) in [4.78, 5) is 19.3. The van der Waals surface area contributed by atoms with Crippen LogP contribution in [0.25, 0.3) is 11.0 Å². The van der Waals surface area contributed by atoms with Crippen LogP contribution in [-0.4, -0.2) is 36.2 Å². The molecule has 1 amide bonds. The summed E-state index contributed by atoms with van der Waals surface area (Å²) in [6.45, 7) is 10.4. The molecular formula is C24H29N3O3. The number of morpholine rings is 1. The van der Waals surface area contributed by atoms with E-state index < -0.39 is 0 Å². The van der Waals surface area contributed by atoms with Gasteiger partial charge in [-0.1, -0.05) is 6.07 Å². The molecule has 1 aliphatic rings. The average Bonchev–Trinajstić information content (AvgIpc) is 3.08. The molecule has 4 rings (SSSR count). The fraction of sp³-hybridized carbons (Fsp3) is 0.417. The van der Waals surface area contributed by atoms with Gasteiger partial charge in [-0.3, -0.25) is 4.79 Å². The number of carbonyl (C=O) groups excluding carboxylic acids is 1.